The number of rotatable bonds is 4. The minimum Gasteiger partial charge on any atom is -0.391 e. The summed E-state index contributed by atoms with van der Waals surface area (Å²) in [5.41, 5.74) is 2.21. The lowest BCUT2D eigenvalue weighted by Crippen LogP contribution is -2.40. The molecular formula is C17H24N2O2. The zero-order valence-electron chi connectivity index (χ0n) is 13.0. The molecule has 0 aliphatic carbocycles. The van der Waals surface area contributed by atoms with E-state index in [9.17, 15) is 9.90 Å². The van der Waals surface area contributed by atoms with Gasteiger partial charge in [-0.25, -0.2) is 0 Å². The lowest BCUT2D eigenvalue weighted by atomic mass is 10.1. The van der Waals surface area contributed by atoms with Gasteiger partial charge in [-0.1, -0.05) is 29.8 Å². The first-order chi connectivity index (χ1) is 9.95. The number of carbonyl (C=O) groups is 1. The summed E-state index contributed by atoms with van der Waals surface area (Å²) in [6, 6.07) is 8.13. The lowest BCUT2D eigenvalue weighted by molar-refractivity contribution is -0.127. The number of aliphatic hydroxyl groups is 1. The van der Waals surface area contributed by atoms with Gasteiger partial charge >= 0.3 is 0 Å². The summed E-state index contributed by atoms with van der Waals surface area (Å²) in [5.74, 6) is -0.0287. The topological polar surface area (TPSA) is 43.8 Å². The van der Waals surface area contributed by atoms with E-state index < -0.39 is 6.10 Å². The van der Waals surface area contributed by atoms with Crippen LogP contribution in [0.1, 0.15) is 17.5 Å². The average Bonchev–Trinajstić information content (AvgIpc) is 2.78. The number of likely N-dealkylation sites (N-methyl/N-ethyl adjacent to an activating group) is 1. The van der Waals surface area contributed by atoms with E-state index in [0.717, 1.165) is 12.1 Å². The van der Waals surface area contributed by atoms with Crippen molar-refractivity contribution in [2.75, 3.05) is 27.2 Å². The highest BCUT2D eigenvalue weighted by Crippen LogP contribution is 2.19. The number of aryl methyl sites for hydroxylation is 1. The van der Waals surface area contributed by atoms with Gasteiger partial charge < -0.3 is 14.9 Å². The standard InChI is InChI=1S/C17H24N2O2/c1-13-4-6-14(7-5-13)8-9-17(21)19-12-16(20)10-15(19)11-18(2)3/h4-9,15-16,20H,10-12H2,1-3H3. The summed E-state index contributed by atoms with van der Waals surface area (Å²) in [4.78, 5) is 16.2. The van der Waals surface area contributed by atoms with Crippen molar-refractivity contribution >= 4 is 12.0 Å². The van der Waals surface area contributed by atoms with Crippen LogP contribution in [-0.4, -0.2) is 60.1 Å². The summed E-state index contributed by atoms with van der Waals surface area (Å²) in [5, 5.41) is 9.81. The molecule has 1 fully saturated rings. The molecule has 0 radical (unpaired) electrons. The van der Waals surface area contributed by atoms with Crippen molar-refractivity contribution < 1.29 is 9.90 Å². The van der Waals surface area contributed by atoms with Crippen molar-refractivity contribution in [3.05, 3.63) is 41.5 Å². The first-order valence-electron chi connectivity index (χ1n) is 7.34. The molecule has 1 saturated heterocycles. The third-order valence-electron chi connectivity index (χ3n) is 3.75. The van der Waals surface area contributed by atoms with Gasteiger partial charge in [0.2, 0.25) is 5.91 Å². The molecule has 1 heterocycles. The molecule has 2 unspecified atom stereocenters. The van der Waals surface area contributed by atoms with E-state index in [1.54, 1.807) is 11.0 Å². The van der Waals surface area contributed by atoms with Gasteiger partial charge in [-0.2, -0.15) is 0 Å². The molecule has 4 heteroatoms. The van der Waals surface area contributed by atoms with Gasteiger partial charge in [0.25, 0.3) is 0 Å². The van der Waals surface area contributed by atoms with Crippen LogP contribution in [0.15, 0.2) is 30.3 Å². The number of benzene rings is 1. The Morgan fingerprint density at radius 2 is 2.05 bits per heavy atom. The Hall–Kier alpha value is -1.65. The molecular weight excluding hydrogens is 264 g/mol. The fourth-order valence-corrected chi connectivity index (χ4v) is 2.70. The summed E-state index contributed by atoms with van der Waals surface area (Å²) < 4.78 is 0. The fraction of sp³-hybridized carbons (Fsp3) is 0.471. The Morgan fingerprint density at radius 1 is 1.38 bits per heavy atom. The fourth-order valence-electron chi connectivity index (χ4n) is 2.70. The zero-order valence-corrected chi connectivity index (χ0v) is 13.0. The molecule has 21 heavy (non-hydrogen) atoms. The molecule has 1 aromatic carbocycles. The van der Waals surface area contributed by atoms with Crippen molar-refractivity contribution in [1.82, 2.24) is 9.80 Å². The third kappa shape index (κ3) is 4.41. The number of aliphatic hydroxyl groups excluding tert-OH is 1. The van der Waals surface area contributed by atoms with Crippen LogP contribution in [-0.2, 0) is 4.79 Å². The average molecular weight is 288 g/mol. The second-order valence-electron chi connectivity index (χ2n) is 6.04. The highest BCUT2D eigenvalue weighted by Gasteiger charge is 2.33. The Kier molecular flexibility index (Phi) is 5.15. The van der Waals surface area contributed by atoms with E-state index >= 15 is 0 Å². The minimum absolute atomic E-state index is 0.0287. The molecule has 1 aliphatic rings. The number of carbonyl (C=O) groups excluding carboxylic acids is 1. The van der Waals surface area contributed by atoms with Gasteiger partial charge in [0.1, 0.15) is 0 Å². The Balaban J connectivity index is 2.02. The Morgan fingerprint density at radius 3 is 2.67 bits per heavy atom. The molecule has 0 spiro atoms. The number of hydrogen-bond donors (Lipinski definition) is 1. The molecule has 1 amide bonds. The molecule has 4 nitrogen and oxygen atoms in total. The predicted octanol–water partition coefficient (Wildman–Crippen LogP) is 1.53. The number of β-amino-alcohol motifs (C(OH)–C–C–N with tert-alkyl or cyclic N) is 1. The van der Waals surface area contributed by atoms with Crippen molar-refractivity contribution in [2.24, 2.45) is 0 Å². The third-order valence-corrected chi connectivity index (χ3v) is 3.75. The van der Waals surface area contributed by atoms with Crippen LogP contribution in [0.2, 0.25) is 0 Å². The first kappa shape index (κ1) is 15.7. The summed E-state index contributed by atoms with van der Waals surface area (Å²) in [6.45, 7) is 3.24. The highest BCUT2D eigenvalue weighted by molar-refractivity contribution is 5.92. The molecule has 2 atom stereocenters. The van der Waals surface area contributed by atoms with E-state index in [1.807, 2.05) is 56.3 Å². The van der Waals surface area contributed by atoms with Crippen molar-refractivity contribution in [2.45, 2.75) is 25.5 Å². The van der Waals surface area contributed by atoms with Crippen molar-refractivity contribution in [1.29, 1.82) is 0 Å². The molecule has 0 aromatic heterocycles. The molecule has 1 N–H and O–H groups in total. The van der Waals surface area contributed by atoms with Gasteiger partial charge in [-0.15, -0.1) is 0 Å². The van der Waals surface area contributed by atoms with Crippen LogP contribution in [0.4, 0.5) is 0 Å². The molecule has 1 aliphatic heterocycles. The molecule has 2 rings (SSSR count). The molecule has 0 saturated carbocycles. The number of nitrogens with zero attached hydrogens (tertiary/aromatic N) is 2. The van der Waals surface area contributed by atoms with Gasteiger partial charge in [-0.05, 0) is 39.1 Å². The maximum atomic E-state index is 12.3. The molecule has 1 aromatic rings. The van der Waals surface area contributed by atoms with Crippen LogP contribution in [0.25, 0.3) is 6.08 Å². The predicted molar refractivity (Wildman–Crippen MR) is 84.9 cm³/mol. The minimum atomic E-state index is -0.410. The monoisotopic (exact) mass is 288 g/mol. The van der Waals surface area contributed by atoms with Crippen molar-refractivity contribution in [3.8, 4) is 0 Å². The second kappa shape index (κ2) is 6.87. The van der Waals surface area contributed by atoms with E-state index in [1.165, 1.54) is 5.56 Å². The van der Waals surface area contributed by atoms with Crippen LogP contribution in [0, 0.1) is 6.92 Å². The highest BCUT2D eigenvalue weighted by atomic mass is 16.3. The van der Waals surface area contributed by atoms with Gasteiger partial charge in [0, 0.05) is 25.2 Å². The Labute approximate surface area is 126 Å². The number of likely N-dealkylation sites (tertiary alicyclic amines) is 1. The molecule has 114 valence electrons. The number of amides is 1. The Bertz CT molecular complexity index is 508. The van der Waals surface area contributed by atoms with Crippen LogP contribution in [0.3, 0.4) is 0 Å². The lowest BCUT2D eigenvalue weighted by Gasteiger charge is -2.25. The van der Waals surface area contributed by atoms with Gasteiger partial charge in [-0.3, -0.25) is 4.79 Å². The van der Waals surface area contributed by atoms with Gasteiger partial charge in [0.15, 0.2) is 0 Å². The largest absolute Gasteiger partial charge is 0.391 e. The first-order valence-corrected chi connectivity index (χ1v) is 7.34. The van der Waals surface area contributed by atoms with E-state index in [0.29, 0.717) is 13.0 Å². The van der Waals surface area contributed by atoms with E-state index in [4.69, 9.17) is 0 Å². The molecule has 0 bridgehead atoms. The smallest absolute Gasteiger partial charge is 0.246 e. The second-order valence-corrected chi connectivity index (χ2v) is 6.04. The normalized spacial score (nSPS) is 22.4. The number of hydrogen-bond acceptors (Lipinski definition) is 3. The van der Waals surface area contributed by atoms with E-state index in [-0.39, 0.29) is 11.9 Å². The van der Waals surface area contributed by atoms with Gasteiger partial charge in [0.05, 0.1) is 6.10 Å². The maximum absolute atomic E-state index is 12.3. The quantitative estimate of drug-likeness (QED) is 0.855. The zero-order chi connectivity index (χ0) is 15.4. The SMILES string of the molecule is Cc1ccc(C=CC(=O)N2CC(O)CC2CN(C)C)cc1. The van der Waals surface area contributed by atoms with Crippen LogP contribution < -0.4 is 0 Å². The van der Waals surface area contributed by atoms with Crippen LogP contribution in [0.5, 0.6) is 0 Å². The van der Waals surface area contributed by atoms with E-state index in [2.05, 4.69) is 0 Å². The van der Waals surface area contributed by atoms with Crippen LogP contribution >= 0.6 is 0 Å². The summed E-state index contributed by atoms with van der Waals surface area (Å²) in [7, 11) is 3.96. The maximum Gasteiger partial charge on any atom is 0.246 e. The summed E-state index contributed by atoms with van der Waals surface area (Å²) in [6.07, 6.45) is 3.68. The summed E-state index contributed by atoms with van der Waals surface area (Å²) >= 11 is 0. The van der Waals surface area contributed by atoms with Crippen molar-refractivity contribution in [3.63, 3.8) is 0 Å².